The Morgan fingerprint density at radius 1 is 0.640 bits per heavy atom. The summed E-state index contributed by atoms with van der Waals surface area (Å²) in [4.78, 5) is 0. The van der Waals surface area contributed by atoms with Gasteiger partial charge < -0.3 is 16.9 Å². The summed E-state index contributed by atoms with van der Waals surface area (Å²) in [6.07, 6.45) is 15.4. The molecule has 0 spiro atoms. The van der Waals surface area contributed by atoms with E-state index in [1.807, 2.05) is 0 Å². The van der Waals surface area contributed by atoms with Crippen molar-refractivity contribution >= 4 is 12.4 Å². The predicted molar refractivity (Wildman–Crippen MR) is 111 cm³/mol. The fraction of sp³-hybridized carbons (Fsp3) is 0.727. The van der Waals surface area contributed by atoms with E-state index in [-0.39, 0.29) is 24.8 Å². The maximum atomic E-state index is 2.33. The molecular formula is C22H41Cl2N. The molecule has 0 heterocycles. The SMILES string of the molecule is CCCCCCCCCCCCc1ccc(C[N+](C)(C)C)cc1.Cl.[Cl-]. The molecule has 0 unspecified atom stereocenters. The summed E-state index contributed by atoms with van der Waals surface area (Å²) in [5, 5.41) is 0. The van der Waals surface area contributed by atoms with Crippen molar-refractivity contribution in [1.82, 2.24) is 0 Å². The monoisotopic (exact) mass is 389 g/mol. The molecule has 1 aromatic rings. The van der Waals surface area contributed by atoms with Gasteiger partial charge in [-0.25, -0.2) is 0 Å². The molecule has 0 saturated carbocycles. The summed E-state index contributed by atoms with van der Waals surface area (Å²) in [6.45, 7) is 3.40. The molecular weight excluding hydrogens is 349 g/mol. The summed E-state index contributed by atoms with van der Waals surface area (Å²) >= 11 is 0. The van der Waals surface area contributed by atoms with Crippen molar-refractivity contribution in [1.29, 1.82) is 0 Å². The molecule has 0 aliphatic rings. The molecule has 1 rings (SSSR count). The summed E-state index contributed by atoms with van der Waals surface area (Å²) in [5.74, 6) is 0. The molecule has 0 saturated heterocycles. The van der Waals surface area contributed by atoms with E-state index in [2.05, 4.69) is 52.3 Å². The summed E-state index contributed by atoms with van der Waals surface area (Å²) < 4.78 is 0.998. The zero-order valence-electron chi connectivity index (χ0n) is 17.0. The van der Waals surface area contributed by atoms with Gasteiger partial charge in [-0.15, -0.1) is 12.4 Å². The quantitative estimate of drug-likeness (QED) is 0.355. The van der Waals surface area contributed by atoms with Crippen molar-refractivity contribution in [2.75, 3.05) is 21.1 Å². The van der Waals surface area contributed by atoms with E-state index in [1.165, 1.54) is 81.8 Å². The maximum absolute atomic E-state index is 2.33. The Balaban J connectivity index is 0. The first kappa shape index (κ1) is 27.0. The van der Waals surface area contributed by atoms with Crippen LogP contribution in [0.1, 0.15) is 82.3 Å². The number of nitrogens with zero attached hydrogens (tertiary/aromatic N) is 1. The fourth-order valence-electron chi connectivity index (χ4n) is 3.18. The van der Waals surface area contributed by atoms with Crippen LogP contribution in [0.15, 0.2) is 24.3 Å². The number of aryl methyl sites for hydroxylation is 1. The zero-order chi connectivity index (χ0) is 17.0. The highest BCUT2D eigenvalue weighted by atomic mass is 35.5. The van der Waals surface area contributed by atoms with Crippen LogP contribution in [0.25, 0.3) is 0 Å². The Morgan fingerprint density at radius 2 is 1.04 bits per heavy atom. The number of hydrogen-bond donors (Lipinski definition) is 0. The Bertz CT molecular complexity index is 395. The van der Waals surface area contributed by atoms with Crippen molar-refractivity contribution in [3.8, 4) is 0 Å². The standard InChI is InChI=1S/C22H40N.2ClH/c1-5-6-7-8-9-10-11-12-13-14-15-21-16-18-22(19-17-21)20-23(2,3)4;;/h16-19H,5-15,20H2,1-4H3;2*1H/q+1;;/p-1. The van der Waals surface area contributed by atoms with Gasteiger partial charge in [-0.2, -0.15) is 0 Å². The smallest absolute Gasteiger partial charge is 0.104 e. The van der Waals surface area contributed by atoms with Gasteiger partial charge in [0.25, 0.3) is 0 Å². The van der Waals surface area contributed by atoms with Gasteiger partial charge >= 0.3 is 0 Å². The van der Waals surface area contributed by atoms with Gasteiger partial charge in [0, 0.05) is 5.56 Å². The predicted octanol–water partition coefficient (Wildman–Crippen LogP) is 3.78. The molecule has 0 amide bonds. The highest BCUT2D eigenvalue weighted by molar-refractivity contribution is 5.85. The van der Waals surface area contributed by atoms with Crippen LogP contribution in [0, 0.1) is 0 Å². The second-order valence-corrected chi connectivity index (χ2v) is 8.20. The number of rotatable bonds is 13. The third kappa shape index (κ3) is 15.7. The van der Waals surface area contributed by atoms with Crippen LogP contribution in [-0.2, 0) is 13.0 Å². The second-order valence-electron chi connectivity index (χ2n) is 8.20. The lowest BCUT2D eigenvalue weighted by atomic mass is 10.0. The zero-order valence-corrected chi connectivity index (χ0v) is 18.6. The number of hydrogen-bond acceptors (Lipinski definition) is 0. The van der Waals surface area contributed by atoms with Crippen molar-refractivity contribution in [3.63, 3.8) is 0 Å². The van der Waals surface area contributed by atoms with Crippen molar-refractivity contribution < 1.29 is 16.9 Å². The molecule has 148 valence electrons. The molecule has 1 aromatic carbocycles. The average Bonchev–Trinajstić information content (AvgIpc) is 2.49. The third-order valence-corrected chi connectivity index (χ3v) is 4.50. The first-order chi connectivity index (χ1) is 11.0. The van der Waals surface area contributed by atoms with E-state index in [0.29, 0.717) is 0 Å². The number of quaternary nitrogens is 1. The maximum Gasteiger partial charge on any atom is 0.104 e. The first-order valence-corrected chi connectivity index (χ1v) is 9.89. The van der Waals surface area contributed by atoms with E-state index in [4.69, 9.17) is 0 Å². The molecule has 0 radical (unpaired) electrons. The minimum Gasteiger partial charge on any atom is -1.00 e. The Labute approximate surface area is 170 Å². The second kappa shape index (κ2) is 16.0. The van der Waals surface area contributed by atoms with Gasteiger partial charge in [-0.05, 0) is 18.4 Å². The van der Waals surface area contributed by atoms with E-state index in [9.17, 15) is 0 Å². The highest BCUT2D eigenvalue weighted by Crippen LogP contribution is 2.14. The van der Waals surface area contributed by atoms with E-state index < -0.39 is 0 Å². The molecule has 0 atom stereocenters. The molecule has 0 aliphatic heterocycles. The summed E-state index contributed by atoms with van der Waals surface area (Å²) in [6, 6.07) is 9.29. The van der Waals surface area contributed by atoms with Crippen LogP contribution in [0.2, 0.25) is 0 Å². The minimum absolute atomic E-state index is 0. The number of benzene rings is 1. The molecule has 1 nitrogen and oxygen atoms in total. The Kier molecular flexibility index (Phi) is 17.2. The third-order valence-electron chi connectivity index (χ3n) is 4.50. The van der Waals surface area contributed by atoms with Crippen LogP contribution < -0.4 is 12.4 Å². The number of halogens is 2. The number of unbranched alkanes of at least 4 members (excludes halogenated alkanes) is 9. The van der Waals surface area contributed by atoms with Gasteiger partial charge in [-0.3, -0.25) is 0 Å². The Morgan fingerprint density at radius 3 is 1.48 bits per heavy atom. The fourth-order valence-corrected chi connectivity index (χ4v) is 3.18. The molecule has 3 heteroatoms. The van der Waals surface area contributed by atoms with E-state index in [0.717, 1.165) is 11.0 Å². The van der Waals surface area contributed by atoms with Crippen LogP contribution >= 0.6 is 12.4 Å². The average molecular weight is 390 g/mol. The summed E-state index contributed by atoms with van der Waals surface area (Å²) in [7, 11) is 6.74. The summed E-state index contributed by atoms with van der Waals surface area (Å²) in [5.41, 5.74) is 2.96. The normalized spacial score (nSPS) is 10.9. The lowest BCUT2D eigenvalue weighted by molar-refractivity contribution is -0.884. The first-order valence-electron chi connectivity index (χ1n) is 9.89. The molecule has 0 bridgehead atoms. The van der Waals surface area contributed by atoms with Crippen molar-refractivity contribution in [2.24, 2.45) is 0 Å². The van der Waals surface area contributed by atoms with Gasteiger partial charge in [0.15, 0.2) is 0 Å². The van der Waals surface area contributed by atoms with Crippen molar-refractivity contribution in [2.45, 2.75) is 84.1 Å². The van der Waals surface area contributed by atoms with Gasteiger partial charge in [0.1, 0.15) is 6.54 Å². The molecule has 0 N–H and O–H groups in total. The van der Waals surface area contributed by atoms with E-state index >= 15 is 0 Å². The molecule has 25 heavy (non-hydrogen) atoms. The largest absolute Gasteiger partial charge is 1.00 e. The van der Waals surface area contributed by atoms with E-state index in [1.54, 1.807) is 0 Å². The molecule has 0 fully saturated rings. The molecule has 0 aliphatic carbocycles. The van der Waals surface area contributed by atoms with Gasteiger partial charge in [-0.1, -0.05) is 89.0 Å². The topological polar surface area (TPSA) is 0 Å². The lowest BCUT2D eigenvalue weighted by Gasteiger charge is -2.23. The van der Waals surface area contributed by atoms with Gasteiger partial charge in [0.2, 0.25) is 0 Å². The van der Waals surface area contributed by atoms with Crippen molar-refractivity contribution in [3.05, 3.63) is 35.4 Å². The van der Waals surface area contributed by atoms with Gasteiger partial charge in [0.05, 0.1) is 21.1 Å². The Hall–Kier alpha value is -0.240. The minimum atomic E-state index is 0. The van der Waals surface area contributed by atoms with Crippen LogP contribution in [0.4, 0.5) is 0 Å². The van der Waals surface area contributed by atoms with Crippen LogP contribution in [0.3, 0.4) is 0 Å². The highest BCUT2D eigenvalue weighted by Gasteiger charge is 2.07. The molecule has 0 aromatic heterocycles. The van der Waals surface area contributed by atoms with Crippen LogP contribution in [-0.4, -0.2) is 25.6 Å². The lowest BCUT2D eigenvalue weighted by Crippen LogP contribution is -3.00. The van der Waals surface area contributed by atoms with Crippen LogP contribution in [0.5, 0.6) is 0 Å².